The molecule has 4 fully saturated rings. The normalized spacial score (nSPS) is 42.2. The molecule has 15 nitrogen and oxygen atoms in total. The van der Waals surface area contributed by atoms with Gasteiger partial charge in [0.25, 0.3) is 0 Å². The monoisotopic (exact) mass is 656 g/mol. The van der Waals surface area contributed by atoms with E-state index in [-0.39, 0.29) is 19.3 Å². The van der Waals surface area contributed by atoms with Gasteiger partial charge in [-0.2, -0.15) is 0 Å². The van der Waals surface area contributed by atoms with Crippen molar-refractivity contribution in [2.45, 2.75) is 128 Å². The van der Waals surface area contributed by atoms with E-state index >= 15 is 0 Å². The smallest absolute Gasteiger partial charge is 0.307 e. The molecule has 1 spiro atoms. The summed E-state index contributed by atoms with van der Waals surface area (Å²) in [6.07, 6.45) is -7.49. The number of hydrogen-bond donors (Lipinski definition) is 3. The van der Waals surface area contributed by atoms with Crippen LogP contribution in [0.1, 0.15) is 81.1 Å². The Kier molecular flexibility index (Phi) is 9.07. The van der Waals surface area contributed by atoms with Crippen LogP contribution in [0.2, 0.25) is 0 Å². The summed E-state index contributed by atoms with van der Waals surface area (Å²) in [5.74, 6) is -8.93. The van der Waals surface area contributed by atoms with Crippen molar-refractivity contribution in [3.8, 4) is 0 Å². The van der Waals surface area contributed by atoms with Crippen LogP contribution in [0.4, 0.5) is 0 Å². The van der Waals surface area contributed by atoms with Gasteiger partial charge in [-0.05, 0) is 33.6 Å². The minimum Gasteiger partial charge on any atom is -0.463 e. The zero-order chi connectivity index (χ0) is 34.8. The van der Waals surface area contributed by atoms with E-state index < -0.39 is 119 Å². The minimum atomic E-state index is -2.48. The van der Waals surface area contributed by atoms with Crippen LogP contribution in [0, 0.1) is 23.2 Å². The van der Waals surface area contributed by atoms with Gasteiger partial charge in [0.05, 0.1) is 17.4 Å². The molecule has 15 heteroatoms. The SMILES string of the molecule is CCC(=O)O[C@@H]1[C@H]2CC[C@H]3[C@@](C)(O)[C@@H]4CC(=O)O[C@]4([C@@](C)(O)COC(C)=O)[C@H](OC(C)=O)[C@@H](OC(C)=O)[C@@]13[C@@H](OC(C)=O)[C@@]2(C)O. The van der Waals surface area contributed by atoms with Crippen molar-refractivity contribution >= 4 is 35.8 Å². The second-order valence-electron chi connectivity index (χ2n) is 13.6. The van der Waals surface area contributed by atoms with Crippen LogP contribution in [0.25, 0.3) is 0 Å². The number of carbonyl (C=O) groups excluding carboxylic acids is 6. The van der Waals surface area contributed by atoms with Crippen molar-refractivity contribution in [2.24, 2.45) is 23.2 Å². The largest absolute Gasteiger partial charge is 0.463 e. The van der Waals surface area contributed by atoms with Gasteiger partial charge in [0.2, 0.25) is 0 Å². The molecule has 12 atom stereocenters. The fourth-order valence-corrected chi connectivity index (χ4v) is 9.09. The van der Waals surface area contributed by atoms with E-state index in [1.165, 1.54) is 20.8 Å². The topological polar surface area (TPSA) is 218 Å². The average Bonchev–Trinajstić information content (AvgIpc) is 3.33. The lowest BCUT2D eigenvalue weighted by Gasteiger charge is -2.54. The van der Waals surface area contributed by atoms with E-state index in [9.17, 15) is 44.1 Å². The zero-order valence-corrected chi connectivity index (χ0v) is 27.3. The van der Waals surface area contributed by atoms with Crippen LogP contribution < -0.4 is 0 Å². The van der Waals surface area contributed by atoms with Gasteiger partial charge in [-0.25, -0.2) is 0 Å². The van der Waals surface area contributed by atoms with Crippen LogP contribution in [0.15, 0.2) is 0 Å². The van der Waals surface area contributed by atoms with Gasteiger partial charge < -0.3 is 43.7 Å². The molecule has 3 aliphatic carbocycles. The van der Waals surface area contributed by atoms with Gasteiger partial charge in [0.15, 0.2) is 17.8 Å². The molecule has 3 saturated carbocycles. The Morgan fingerprint density at radius 3 is 1.91 bits per heavy atom. The molecule has 3 N–H and O–H groups in total. The van der Waals surface area contributed by atoms with Crippen LogP contribution in [0.5, 0.6) is 0 Å². The van der Waals surface area contributed by atoms with E-state index in [0.717, 1.165) is 34.6 Å². The Hall–Kier alpha value is -3.30. The van der Waals surface area contributed by atoms with Crippen molar-refractivity contribution < 1.29 is 72.5 Å². The predicted molar refractivity (Wildman–Crippen MR) is 151 cm³/mol. The second kappa shape index (κ2) is 11.7. The Bertz CT molecular complexity index is 1300. The highest BCUT2D eigenvalue weighted by Gasteiger charge is 2.86. The van der Waals surface area contributed by atoms with E-state index in [1.54, 1.807) is 0 Å². The molecule has 0 aromatic carbocycles. The fraction of sp³-hybridized carbons (Fsp3) is 0.806. The first-order chi connectivity index (χ1) is 21.1. The highest BCUT2D eigenvalue weighted by molar-refractivity contribution is 5.75. The van der Waals surface area contributed by atoms with Crippen LogP contribution in [-0.2, 0) is 57.2 Å². The third kappa shape index (κ3) is 5.14. The lowest BCUT2D eigenvalue weighted by atomic mass is 9.55. The Morgan fingerprint density at radius 2 is 1.39 bits per heavy atom. The molecule has 4 rings (SSSR count). The molecule has 1 aliphatic heterocycles. The van der Waals surface area contributed by atoms with E-state index in [0.29, 0.717) is 0 Å². The van der Waals surface area contributed by atoms with Gasteiger partial charge in [-0.3, -0.25) is 28.8 Å². The van der Waals surface area contributed by atoms with E-state index in [4.69, 9.17) is 28.4 Å². The van der Waals surface area contributed by atoms with Crippen molar-refractivity contribution in [1.82, 2.24) is 0 Å². The van der Waals surface area contributed by atoms with Gasteiger partial charge in [-0.15, -0.1) is 0 Å². The first kappa shape index (κ1) is 35.6. The molecule has 4 aliphatic rings. The number of ether oxygens (including phenoxy) is 6. The molecule has 1 saturated heterocycles. The molecule has 1 heterocycles. The van der Waals surface area contributed by atoms with Crippen molar-refractivity contribution in [1.29, 1.82) is 0 Å². The van der Waals surface area contributed by atoms with Gasteiger partial charge in [-0.1, -0.05) is 6.92 Å². The number of aliphatic hydroxyl groups is 3. The maximum Gasteiger partial charge on any atom is 0.307 e. The highest BCUT2D eigenvalue weighted by atomic mass is 16.6. The van der Waals surface area contributed by atoms with Gasteiger partial charge in [0.1, 0.15) is 30.0 Å². The molecular formula is C31H44O15. The quantitative estimate of drug-likeness (QED) is 0.236. The van der Waals surface area contributed by atoms with Crippen molar-refractivity contribution in [3.63, 3.8) is 0 Å². The molecule has 0 amide bonds. The molecule has 0 radical (unpaired) electrons. The first-order valence-corrected chi connectivity index (χ1v) is 15.4. The van der Waals surface area contributed by atoms with Gasteiger partial charge in [0, 0.05) is 51.9 Å². The highest BCUT2D eigenvalue weighted by Crippen LogP contribution is 2.71. The third-order valence-corrected chi connectivity index (χ3v) is 10.6. The van der Waals surface area contributed by atoms with E-state index in [2.05, 4.69) is 0 Å². The molecule has 46 heavy (non-hydrogen) atoms. The standard InChI is InChI=1S/C31H44O15/c1-9-21(36)45-23-18-10-11-19-29(8,40)20-12-22(37)46-31(20,27(6,38)13-41-14(2)32)25(43-16(4)34)24(42-15(3)33)30(19,23)26(28(18,7)39)44-17(5)35/h18-20,23-26,38-40H,9-13H2,1-8H3/t18-,19+,20+,23-,24-,25-,26+,27+,28+,29-,30+,31+/m1/s1. The lowest BCUT2D eigenvalue weighted by molar-refractivity contribution is -0.272. The summed E-state index contributed by atoms with van der Waals surface area (Å²) >= 11 is 0. The van der Waals surface area contributed by atoms with Crippen LogP contribution in [0.3, 0.4) is 0 Å². The van der Waals surface area contributed by atoms with Crippen LogP contribution in [-0.4, -0.2) is 105 Å². The maximum absolute atomic E-state index is 13.3. The maximum atomic E-state index is 13.3. The molecule has 0 aromatic heterocycles. The average molecular weight is 657 g/mol. The summed E-state index contributed by atoms with van der Waals surface area (Å²) < 4.78 is 34.8. The first-order valence-electron chi connectivity index (χ1n) is 15.4. The number of fused-ring (bicyclic) bond motifs is 2. The molecule has 258 valence electrons. The zero-order valence-electron chi connectivity index (χ0n) is 27.3. The minimum absolute atomic E-state index is 0.0448. The predicted octanol–water partition coefficient (Wildman–Crippen LogP) is 0.261. The number of rotatable bonds is 8. The summed E-state index contributed by atoms with van der Waals surface area (Å²) in [7, 11) is 0. The number of hydrogen-bond acceptors (Lipinski definition) is 15. The van der Waals surface area contributed by atoms with Crippen LogP contribution >= 0.6 is 0 Å². The molecular weight excluding hydrogens is 612 g/mol. The molecule has 2 bridgehead atoms. The third-order valence-electron chi connectivity index (χ3n) is 10.6. The summed E-state index contributed by atoms with van der Waals surface area (Å²) in [5, 5.41) is 37.2. The van der Waals surface area contributed by atoms with Gasteiger partial charge >= 0.3 is 35.8 Å². The Morgan fingerprint density at radius 1 is 0.826 bits per heavy atom. The number of carbonyl (C=O) groups is 6. The summed E-state index contributed by atoms with van der Waals surface area (Å²) in [6, 6.07) is 0. The molecule has 0 unspecified atom stereocenters. The van der Waals surface area contributed by atoms with E-state index in [1.807, 2.05) is 0 Å². The summed E-state index contributed by atoms with van der Waals surface area (Å²) in [5.41, 5.74) is -11.1. The lowest BCUT2D eigenvalue weighted by Crippen LogP contribution is -2.72. The van der Waals surface area contributed by atoms with Crippen molar-refractivity contribution in [2.75, 3.05) is 6.61 Å². The number of esters is 6. The fourth-order valence-electron chi connectivity index (χ4n) is 9.09. The summed E-state index contributed by atoms with van der Waals surface area (Å²) in [6.45, 7) is 8.77. The Labute approximate surface area is 266 Å². The Balaban J connectivity index is 2.20. The second-order valence-corrected chi connectivity index (χ2v) is 13.6. The van der Waals surface area contributed by atoms with Crippen molar-refractivity contribution in [3.05, 3.63) is 0 Å². The molecule has 0 aromatic rings. The summed E-state index contributed by atoms with van der Waals surface area (Å²) in [4.78, 5) is 76.9.